The molecule has 2 saturated heterocycles. The van der Waals surface area contributed by atoms with Crippen LogP contribution in [0.2, 0.25) is 0 Å². The summed E-state index contributed by atoms with van der Waals surface area (Å²) in [6.45, 7) is 2.35. The molecule has 3 fully saturated rings. The number of aromatic nitrogens is 1. The minimum Gasteiger partial charge on any atom is -0.360 e. The molecular weight excluding hydrogens is 254 g/mol. The molecule has 1 saturated carbocycles. The van der Waals surface area contributed by atoms with Crippen LogP contribution in [-0.2, 0) is 0 Å². The maximum absolute atomic E-state index is 12.2. The first-order valence-electron chi connectivity index (χ1n) is 7.81. The Kier molecular flexibility index (Phi) is 3.02. The van der Waals surface area contributed by atoms with Gasteiger partial charge < -0.3 is 14.7 Å². The number of amides is 1. The molecule has 108 valence electrons. The van der Waals surface area contributed by atoms with Crippen LogP contribution in [0.1, 0.15) is 60.7 Å². The Hall–Kier alpha value is -1.36. The third-order valence-electron chi connectivity index (χ3n) is 4.90. The SMILES string of the molecule is O=C(N[C@H]1CCN2CCC[C@H]2C1)c1cc(C2CC2)on1. The summed E-state index contributed by atoms with van der Waals surface area (Å²) in [5, 5.41) is 7.04. The topological polar surface area (TPSA) is 58.4 Å². The van der Waals surface area contributed by atoms with E-state index in [0.29, 0.717) is 23.7 Å². The summed E-state index contributed by atoms with van der Waals surface area (Å²) in [6.07, 6.45) is 7.04. The van der Waals surface area contributed by atoms with E-state index in [2.05, 4.69) is 15.4 Å². The second-order valence-electron chi connectivity index (χ2n) is 6.42. The highest BCUT2D eigenvalue weighted by Gasteiger charge is 2.33. The van der Waals surface area contributed by atoms with Gasteiger partial charge in [0, 0.05) is 30.6 Å². The summed E-state index contributed by atoms with van der Waals surface area (Å²) < 4.78 is 5.25. The fourth-order valence-corrected chi connectivity index (χ4v) is 3.57. The Balaban J connectivity index is 1.36. The quantitative estimate of drug-likeness (QED) is 0.915. The molecular formula is C15H21N3O2. The molecule has 0 bridgehead atoms. The normalized spacial score (nSPS) is 30.2. The molecule has 0 aromatic carbocycles. The molecule has 0 radical (unpaired) electrons. The summed E-state index contributed by atoms with van der Waals surface area (Å²) in [5.74, 6) is 1.31. The summed E-state index contributed by atoms with van der Waals surface area (Å²) >= 11 is 0. The lowest BCUT2D eigenvalue weighted by atomic mass is 9.97. The largest absolute Gasteiger partial charge is 0.360 e. The van der Waals surface area contributed by atoms with E-state index in [-0.39, 0.29) is 5.91 Å². The van der Waals surface area contributed by atoms with Gasteiger partial charge in [-0.05, 0) is 45.1 Å². The zero-order chi connectivity index (χ0) is 13.5. The molecule has 2 atom stereocenters. The Morgan fingerprint density at radius 2 is 2.20 bits per heavy atom. The van der Waals surface area contributed by atoms with Crippen molar-refractivity contribution in [2.24, 2.45) is 0 Å². The van der Waals surface area contributed by atoms with E-state index in [0.717, 1.165) is 38.0 Å². The number of hydrogen-bond acceptors (Lipinski definition) is 4. The highest BCUT2D eigenvalue weighted by Crippen LogP contribution is 2.40. The van der Waals surface area contributed by atoms with Gasteiger partial charge in [-0.1, -0.05) is 5.16 Å². The molecule has 4 rings (SSSR count). The average molecular weight is 275 g/mol. The van der Waals surface area contributed by atoms with Gasteiger partial charge in [0.15, 0.2) is 5.69 Å². The summed E-state index contributed by atoms with van der Waals surface area (Å²) in [4.78, 5) is 14.8. The van der Waals surface area contributed by atoms with Crippen LogP contribution in [0.15, 0.2) is 10.6 Å². The Bertz CT molecular complexity index is 509. The van der Waals surface area contributed by atoms with E-state index in [9.17, 15) is 4.79 Å². The standard InChI is InChI=1S/C15H21N3O2/c19-15(13-9-14(20-17-13)10-3-4-10)16-11-5-7-18-6-1-2-12(18)8-11/h9-12H,1-8H2,(H,16,19)/t11-,12-/m0/s1. The van der Waals surface area contributed by atoms with Crippen molar-refractivity contribution in [3.8, 4) is 0 Å². The molecule has 1 aromatic heterocycles. The predicted octanol–water partition coefficient (Wildman–Crippen LogP) is 1.91. The minimum atomic E-state index is -0.0721. The van der Waals surface area contributed by atoms with E-state index in [1.54, 1.807) is 0 Å². The zero-order valence-corrected chi connectivity index (χ0v) is 11.7. The number of nitrogens with one attached hydrogen (secondary N) is 1. The third-order valence-corrected chi connectivity index (χ3v) is 4.90. The lowest BCUT2D eigenvalue weighted by Gasteiger charge is -2.34. The van der Waals surface area contributed by atoms with Crippen molar-refractivity contribution < 1.29 is 9.32 Å². The highest BCUT2D eigenvalue weighted by molar-refractivity contribution is 5.92. The zero-order valence-electron chi connectivity index (χ0n) is 11.7. The maximum atomic E-state index is 12.2. The second kappa shape index (κ2) is 4.88. The van der Waals surface area contributed by atoms with Gasteiger partial charge in [0.2, 0.25) is 0 Å². The Morgan fingerprint density at radius 1 is 1.30 bits per heavy atom. The van der Waals surface area contributed by atoms with E-state index < -0.39 is 0 Å². The average Bonchev–Trinajstić information content (AvgIpc) is 3.01. The van der Waals surface area contributed by atoms with Crippen molar-refractivity contribution in [1.29, 1.82) is 0 Å². The fraction of sp³-hybridized carbons (Fsp3) is 0.733. The van der Waals surface area contributed by atoms with Crippen LogP contribution >= 0.6 is 0 Å². The van der Waals surface area contributed by atoms with E-state index in [1.165, 1.54) is 19.4 Å². The third kappa shape index (κ3) is 2.35. The van der Waals surface area contributed by atoms with Gasteiger partial charge in [0.25, 0.3) is 5.91 Å². The van der Waals surface area contributed by atoms with Crippen molar-refractivity contribution in [3.63, 3.8) is 0 Å². The van der Waals surface area contributed by atoms with Gasteiger partial charge >= 0.3 is 0 Å². The molecule has 2 aliphatic heterocycles. The maximum Gasteiger partial charge on any atom is 0.273 e. The molecule has 0 spiro atoms. The molecule has 20 heavy (non-hydrogen) atoms. The molecule has 5 nitrogen and oxygen atoms in total. The Labute approximate surface area is 118 Å². The van der Waals surface area contributed by atoms with Crippen LogP contribution in [0, 0.1) is 0 Å². The molecule has 3 heterocycles. The van der Waals surface area contributed by atoms with E-state index in [4.69, 9.17) is 4.52 Å². The first-order chi connectivity index (χ1) is 9.79. The fourth-order valence-electron chi connectivity index (χ4n) is 3.57. The molecule has 0 unspecified atom stereocenters. The second-order valence-corrected chi connectivity index (χ2v) is 6.42. The van der Waals surface area contributed by atoms with Gasteiger partial charge in [-0.3, -0.25) is 4.79 Å². The predicted molar refractivity (Wildman–Crippen MR) is 73.6 cm³/mol. The van der Waals surface area contributed by atoms with Gasteiger partial charge in [-0.25, -0.2) is 0 Å². The summed E-state index contributed by atoms with van der Waals surface area (Å²) in [7, 11) is 0. The number of carbonyl (C=O) groups is 1. The van der Waals surface area contributed by atoms with Crippen LogP contribution in [0.25, 0.3) is 0 Å². The van der Waals surface area contributed by atoms with Crippen LogP contribution in [0.4, 0.5) is 0 Å². The first-order valence-corrected chi connectivity index (χ1v) is 7.81. The van der Waals surface area contributed by atoms with Gasteiger partial charge in [0.1, 0.15) is 5.76 Å². The summed E-state index contributed by atoms with van der Waals surface area (Å²) in [5.41, 5.74) is 0.445. The minimum absolute atomic E-state index is 0.0721. The van der Waals surface area contributed by atoms with Crippen molar-refractivity contribution in [2.45, 2.75) is 56.5 Å². The van der Waals surface area contributed by atoms with Crippen molar-refractivity contribution in [1.82, 2.24) is 15.4 Å². The number of fused-ring (bicyclic) bond motifs is 1. The van der Waals surface area contributed by atoms with Gasteiger partial charge in [0.05, 0.1) is 0 Å². The monoisotopic (exact) mass is 275 g/mol. The first kappa shape index (κ1) is 12.4. The molecule has 1 aromatic rings. The summed E-state index contributed by atoms with van der Waals surface area (Å²) in [6, 6.07) is 2.79. The Morgan fingerprint density at radius 3 is 3.05 bits per heavy atom. The van der Waals surface area contributed by atoms with Crippen LogP contribution < -0.4 is 5.32 Å². The van der Waals surface area contributed by atoms with Crippen molar-refractivity contribution in [2.75, 3.05) is 13.1 Å². The number of carbonyl (C=O) groups excluding carboxylic acids is 1. The number of hydrogen-bond donors (Lipinski definition) is 1. The number of piperidine rings is 1. The molecule has 1 amide bonds. The van der Waals surface area contributed by atoms with Crippen LogP contribution in [-0.4, -0.2) is 41.1 Å². The molecule has 1 N–H and O–H groups in total. The van der Waals surface area contributed by atoms with Gasteiger partial charge in [-0.2, -0.15) is 0 Å². The molecule has 1 aliphatic carbocycles. The lowest BCUT2D eigenvalue weighted by Crippen LogP contribution is -2.47. The molecule has 3 aliphatic rings. The smallest absolute Gasteiger partial charge is 0.273 e. The van der Waals surface area contributed by atoms with Crippen molar-refractivity contribution in [3.05, 3.63) is 17.5 Å². The molecule has 5 heteroatoms. The number of rotatable bonds is 3. The lowest BCUT2D eigenvalue weighted by molar-refractivity contribution is 0.0887. The highest BCUT2D eigenvalue weighted by atomic mass is 16.5. The van der Waals surface area contributed by atoms with Crippen LogP contribution in [0.3, 0.4) is 0 Å². The van der Waals surface area contributed by atoms with E-state index in [1.807, 2.05) is 6.07 Å². The van der Waals surface area contributed by atoms with Crippen molar-refractivity contribution >= 4 is 5.91 Å². The van der Waals surface area contributed by atoms with E-state index >= 15 is 0 Å². The number of nitrogens with zero attached hydrogens (tertiary/aromatic N) is 2. The van der Waals surface area contributed by atoms with Gasteiger partial charge in [-0.15, -0.1) is 0 Å². The van der Waals surface area contributed by atoms with Crippen LogP contribution in [0.5, 0.6) is 0 Å².